The zero-order valence-electron chi connectivity index (χ0n) is 16.6. The molecule has 1 unspecified atom stereocenters. The number of ether oxygens (including phenoxy) is 1. The van der Waals surface area contributed by atoms with Crippen LogP contribution >= 0.6 is 11.5 Å². The molecule has 8 nitrogen and oxygen atoms in total. The van der Waals surface area contributed by atoms with E-state index >= 15 is 0 Å². The molecule has 150 valence electrons. The Kier molecular flexibility index (Phi) is 4.32. The van der Waals surface area contributed by atoms with E-state index < -0.39 is 0 Å². The Morgan fingerprint density at radius 1 is 1.20 bits per heavy atom. The number of methoxy groups -OCH3 is 1. The van der Waals surface area contributed by atoms with Gasteiger partial charge in [0.1, 0.15) is 16.3 Å². The van der Waals surface area contributed by atoms with E-state index in [0.717, 1.165) is 27.2 Å². The SMILES string of the molecule is COc1cnc2c(C(C)n3nnc4ccn(-c5cc(C)ns5)c(=O)c43)cccc2c1. The molecule has 5 aromatic rings. The van der Waals surface area contributed by atoms with Gasteiger partial charge >= 0.3 is 0 Å². The summed E-state index contributed by atoms with van der Waals surface area (Å²) >= 11 is 1.28. The second-order valence-electron chi connectivity index (χ2n) is 7.04. The molecule has 4 aromatic heterocycles. The maximum atomic E-state index is 13.3. The molecule has 4 heterocycles. The minimum Gasteiger partial charge on any atom is -0.495 e. The van der Waals surface area contributed by atoms with Crippen molar-refractivity contribution in [2.24, 2.45) is 0 Å². The molecule has 0 aliphatic carbocycles. The number of aromatic nitrogens is 6. The van der Waals surface area contributed by atoms with Crippen molar-refractivity contribution in [3.8, 4) is 10.8 Å². The van der Waals surface area contributed by atoms with E-state index in [9.17, 15) is 4.79 Å². The average molecular weight is 418 g/mol. The quantitative estimate of drug-likeness (QED) is 0.444. The summed E-state index contributed by atoms with van der Waals surface area (Å²) in [7, 11) is 1.62. The number of rotatable bonds is 4. The van der Waals surface area contributed by atoms with Gasteiger partial charge in [0, 0.05) is 17.1 Å². The van der Waals surface area contributed by atoms with Crippen LogP contribution in [0.1, 0.15) is 24.2 Å². The fourth-order valence-electron chi connectivity index (χ4n) is 3.61. The predicted molar refractivity (Wildman–Crippen MR) is 116 cm³/mol. The summed E-state index contributed by atoms with van der Waals surface area (Å²) in [6, 6.07) is 11.3. The van der Waals surface area contributed by atoms with Crippen LogP contribution in [-0.2, 0) is 0 Å². The van der Waals surface area contributed by atoms with Crippen molar-refractivity contribution in [2.45, 2.75) is 19.9 Å². The van der Waals surface area contributed by atoms with Gasteiger partial charge in [-0.15, -0.1) is 5.10 Å². The fraction of sp³-hybridized carbons (Fsp3) is 0.190. The van der Waals surface area contributed by atoms with Gasteiger partial charge in [-0.2, -0.15) is 4.37 Å². The molecule has 0 N–H and O–H groups in total. The van der Waals surface area contributed by atoms with Crippen LogP contribution in [0, 0.1) is 6.92 Å². The third-order valence-electron chi connectivity index (χ3n) is 5.15. The monoisotopic (exact) mass is 418 g/mol. The Morgan fingerprint density at radius 2 is 2.07 bits per heavy atom. The van der Waals surface area contributed by atoms with E-state index in [2.05, 4.69) is 19.7 Å². The molecular weight excluding hydrogens is 400 g/mol. The highest BCUT2D eigenvalue weighted by molar-refractivity contribution is 7.08. The minimum atomic E-state index is -0.244. The van der Waals surface area contributed by atoms with Crippen molar-refractivity contribution in [3.05, 3.63) is 70.4 Å². The summed E-state index contributed by atoms with van der Waals surface area (Å²) < 4.78 is 12.8. The molecule has 0 radical (unpaired) electrons. The zero-order valence-corrected chi connectivity index (χ0v) is 17.4. The highest BCUT2D eigenvalue weighted by atomic mass is 32.1. The van der Waals surface area contributed by atoms with Crippen LogP contribution in [0.4, 0.5) is 0 Å². The molecule has 0 bridgehead atoms. The second-order valence-corrected chi connectivity index (χ2v) is 7.82. The molecule has 0 amide bonds. The predicted octanol–water partition coefficient (Wildman–Crippen LogP) is 3.51. The highest BCUT2D eigenvalue weighted by Crippen LogP contribution is 2.28. The van der Waals surface area contributed by atoms with Gasteiger partial charge < -0.3 is 4.74 Å². The van der Waals surface area contributed by atoms with Crippen LogP contribution in [0.3, 0.4) is 0 Å². The Hall–Kier alpha value is -3.59. The Bertz CT molecular complexity index is 1450. The number of pyridine rings is 2. The number of nitrogens with zero attached hydrogens (tertiary/aromatic N) is 6. The van der Waals surface area contributed by atoms with Crippen molar-refractivity contribution < 1.29 is 4.74 Å². The van der Waals surface area contributed by atoms with E-state index in [-0.39, 0.29) is 11.6 Å². The van der Waals surface area contributed by atoms with Crippen molar-refractivity contribution in [1.29, 1.82) is 0 Å². The largest absolute Gasteiger partial charge is 0.495 e. The number of para-hydroxylation sites is 1. The molecule has 9 heteroatoms. The molecule has 0 aliphatic heterocycles. The maximum Gasteiger partial charge on any atom is 0.283 e. The molecule has 0 saturated heterocycles. The fourth-order valence-corrected chi connectivity index (χ4v) is 4.35. The van der Waals surface area contributed by atoms with E-state index in [0.29, 0.717) is 16.8 Å². The Labute approximate surface area is 175 Å². The molecule has 1 atom stereocenters. The van der Waals surface area contributed by atoms with E-state index in [1.807, 2.05) is 44.2 Å². The van der Waals surface area contributed by atoms with Gasteiger partial charge in [0.2, 0.25) is 0 Å². The summed E-state index contributed by atoms with van der Waals surface area (Å²) in [4.78, 5) is 17.9. The molecule has 0 aliphatic rings. The first-order valence-electron chi connectivity index (χ1n) is 9.39. The topological polar surface area (TPSA) is 87.7 Å². The van der Waals surface area contributed by atoms with Gasteiger partial charge in [0.15, 0.2) is 5.52 Å². The molecule has 5 rings (SSSR count). The van der Waals surface area contributed by atoms with Gasteiger partial charge in [-0.3, -0.25) is 14.3 Å². The summed E-state index contributed by atoms with van der Waals surface area (Å²) in [5.41, 5.74) is 3.48. The Balaban J connectivity index is 1.68. The molecular formula is C21H18N6O2S. The third-order valence-corrected chi connectivity index (χ3v) is 6.03. The number of aryl methyl sites for hydroxylation is 1. The van der Waals surface area contributed by atoms with Crippen LogP contribution < -0.4 is 10.3 Å². The van der Waals surface area contributed by atoms with Crippen LogP contribution in [-0.4, -0.2) is 36.0 Å². The molecule has 0 saturated carbocycles. The molecule has 0 spiro atoms. The molecule has 30 heavy (non-hydrogen) atoms. The van der Waals surface area contributed by atoms with Crippen molar-refractivity contribution in [3.63, 3.8) is 0 Å². The van der Waals surface area contributed by atoms with Crippen LogP contribution in [0.5, 0.6) is 5.75 Å². The first kappa shape index (κ1) is 18.4. The third kappa shape index (κ3) is 2.86. The zero-order chi connectivity index (χ0) is 20.8. The lowest BCUT2D eigenvalue weighted by atomic mass is 10.0. The van der Waals surface area contributed by atoms with Gasteiger partial charge in [-0.1, -0.05) is 23.4 Å². The minimum absolute atomic E-state index is 0.178. The number of hydrogen-bond donors (Lipinski definition) is 0. The van der Waals surface area contributed by atoms with Gasteiger partial charge in [-0.05, 0) is 43.6 Å². The number of benzene rings is 1. The van der Waals surface area contributed by atoms with Gasteiger partial charge in [-0.25, -0.2) is 4.68 Å². The lowest BCUT2D eigenvalue weighted by molar-refractivity contribution is 0.413. The van der Waals surface area contributed by atoms with Crippen LogP contribution in [0.25, 0.3) is 26.9 Å². The van der Waals surface area contributed by atoms with Crippen molar-refractivity contribution in [1.82, 2.24) is 28.9 Å². The summed E-state index contributed by atoms with van der Waals surface area (Å²) in [5, 5.41) is 10.2. The standard InChI is InChI=1S/C21H18N6O2S/c1-12-9-18(30-24-12)26-8-7-17-20(21(26)28)27(25-23-17)13(2)16-6-4-5-14-10-15(29-3)11-22-19(14)16/h4-11,13H,1-3H3. The van der Waals surface area contributed by atoms with E-state index in [1.165, 1.54) is 11.5 Å². The van der Waals surface area contributed by atoms with Crippen molar-refractivity contribution >= 4 is 33.5 Å². The smallest absolute Gasteiger partial charge is 0.283 e. The van der Waals surface area contributed by atoms with Gasteiger partial charge in [0.25, 0.3) is 5.56 Å². The number of hydrogen-bond acceptors (Lipinski definition) is 7. The van der Waals surface area contributed by atoms with E-state index in [4.69, 9.17) is 4.74 Å². The molecule has 1 aromatic carbocycles. The average Bonchev–Trinajstić information content (AvgIpc) is 3.39. The summed E-state index contributed by atoms with van der Waals surface area (Å²) in [6.45, 7) is 3.89. The lowest BCUT2D eigenvalue weighted by Crippen LogP contribution is -2.21. The Morgan fingerprint density at radius 3 is 2.83 bits per heavy atom. The van der Waals surface area contributed by atoms with Gasteiger partial charge in [0.05, 0.1) is 30.6 Å². The van der Waals surface area contributed by atoms with E-state index in [1.54, 1.807) is 34.8 Å². The molecule has 0 fully saturated rings. The first-order chi connectivity index (χ1) is 14.6. The highest BCUT2D eigenvalue weighted by Gasteiger charge is 2.20. The first-order valence-corrected chi connectivity index (χ1v) is 10.2. The van der Waals surface area contributed by atoms with Crippen molar-refractivity contribution in [2.75, 3.05) is 7.11 Å². The maximum absolute atomic E-state index is 13.3. The van der Waals surface area contributed by atoms with Crippen LogP contribution in [0.15, 0.2) is 53.6 Å². The second kappa shape index (κ2) is 7.03. The lowest BCUT2D eigenvalue weighted by Gasteiger charge is -2.15. The summed E-state index contributed by atoms with van der Waals surface area (Å²) in [5.74, 6) is 0.696. The number of fused-ring (bicyclic) bond motifs is 2. The summed E-state index contributed by atoms with van der Waals surface area (Å²) in [6.07, 6.45) is 3.41. The normalized spacial score (nSPS) is 12.5. The van der Waals surface area contributed by atoms with Crippen LogP contribution in [0.2, 0.25) is 0 Å².